The van der Waals surface area contributed by atoms with Crippen molar-refractivity contribution in [3.8, 4) is 0 Å². The molecule has 5 nitrogen and oxygen atoms in total. The molecular weight excluding hydrogens is 280 g/mol. The van der Waals surface area contributed by atoms with Crippen LogP contribution in [-0.2, 0) is 9.47 Å². The van der Waals surface area contributed by atoms with Crippen molar-refractivity contribution in [2.24, 2.45) is 0 Å². The second-order valence-corrected chi connectivity index (χ2v) is 5.13. The van der Waals surface area contributed by atoms with Crippen molar-refractivity contribution in [2.45, 2.75) is 12.2 Å². The first kappa shape index (κ1) is 15.1. The summed E-state index contributed by atoms with van der Waals surface area (Å²) in [5, 5.41) is 3.55. The topological polar surface area (TPSA) is 50.8 Å². The fourth-order valence-corrected chi connectivity index (χ4v) is 2.62. The number of benzene rings is 1. The fraction of sp³-hybridized carbons (Fsp3) is 0.500. The molecule has 1 heterocycles. The number of hydrogen-bond acceptors (Lipinski definition) is 4. The van der Waals surface area contributed by atoms with Crippen LogP contribution in [0.15, 0.2) is 18.2 Å². The first-order valence-electron chi connectivity index (χ1n) is 6.42. The van der Waals surface area contributed by atoms with Gasteiger partial charge in [-0.2, -0.15) is 0 Å². The van der Waals surface area contributed by atoms with Crippen LogP contribution in [0, 0.1) is 0 Å². The molecule has 1 aromatic rings. The molecule has 0 saturated carbocycles. The van der Waals surface area contributed by atoms with Crippen LogP contribution >= 0.6 is 11.6 Å². The Kier molecular flexibility index (Phi) is 4.86. The number of ether oxygens (including phenoxy) is 2. The molecule has 6 heteroatoms. The van der Waals surface area contributed by atoms with Gasteiger partial charge in [0, 0.05) is 45.1 Å². The van der Waals surface area contributed by atoms with E-state index in [0.29, 0.717) is 23.7 Å². The van der Waals surface area contributed by atoms with Crippen molar-refractivity contribution in [3.63, 3.8) is 0 Å². The third-order valence-electron chi connectivity index (χ3n) is 3.59. The Balaban J connectivity index is 2.22. The maximum Gasteiger partial charge on any atom is 0.256 e. The van der Waals surface area contributed by atoms with Crippen molar-refractivity contribution in [1.29, 1.82) is 0 Å². The molecule has 1 amide bonds. The van der Waals surface area contributed by atoms with E-state index in [0.717, 1.165) is 5.69 Å². The molecule has 0 aromatic heterocycles. The number of carbonyl (C=O) groups is 1. The number of rotatable bonds is 4. The summed E-state index contributed by atoms with van der Waals surface area (Å²) in [5.41, 5.74) is 1.32. The zero-order chi connectivity index (χ0) is 14.7. The lowest BCUT2D eigenvalue weighted by Gasteiger charge is -2.18. The van der Waals surface area contributed by atoms with Gasteiger partial charge in [0.05, 0.1) is 5.56 Å². The summed E-state index contributed by atoms with van der Waals surface area (Å²) >= 11 is 5.99. The van der Waals surface area contributed by atoms with Crippen LogP contribution < -0.4 is 5.32 Å². The maximum atomic E-state index is 12.6. The fourth-order valence-electron chi connectivity index (χ4n) is 2.44. The summed E-state index contributed by atoms with van der Waals surface area (Å²) in [7, 11) is 5.03. The molecule has 1 aliphatic rings. The first-order valence-corrected chi connectivity index (χ1v) is 6.80. The summed E-state index contributed by atoms with van der Waals surface area (Å²) in [5.74, 6) is -0.0709. The monoisotopic (exact) mass is 298 g/mol. The molecule has 0 aliphatic carbocycles. The average molecular weight is 299 g/mol. The summed E-state index contributed by atoms with van der Waals surface area (Å²) < 4.78 is 10.7. The van der Waals surface area contributed by atoms with Gasteiger partial charge in [-0.15, -0.1) is 0 Å². The summed E-state index contributed by atoms with van der Waals surface area (Å²) in [6.07, 6.45) is -0.192. The number of anilines is 1. The molecule has 1 saturated heterocycles. The molecule has 1 fully saturated rings. The van der Waals surface area contributed by atoms with Gasteiger partial charge in [-0.05, 0) is 18.2 Å². The predicted octanol–water partition coefficient (Wildman–Crippen LogP) is 1.87. The smallest absolute Gasteiger partial charge is 0.256 e. The summed E-state index contributed by atoms with van der Waals surface area (Å²) in [4.78, 5) is 14.3. The Morgan fingerprint density at radius 1 is 1.30 bits per heavy atom. The maximum absolute atomic E-state index is 12.6. The molecule has 0 radical (unpaired) electrons. The van der Waals surface area contributed by atoms with Crippen molar-refractivity contribution >= 4 is 23.2 Å². The zero-order valence-electron chi connectivity index (χ0n) is 11.9. The molecule has 110 valence electrons. The van der Waals surface area contributed by atoms with Crippen LogP contribution in [0.2, 0.25) is 5.02 Å². The number of nitrogens with one attached hydrogen (secondary N) is 1. The molecule has 1 aromatic carbocycles. The quantitative estimate of drug-likeness (QED) is 0.922. The lowest BCUT2D eigenvalue weighted by Crippen LogP contribution is -2.30. The molecular formula is C14H19ClN2O3. The van der Waals surface area contributed by atoms with Gasteiger partial charge in [-0.3, -0.25) is 4.79 Å². The van der Waals surface area contributed by atoms with Gasteiger partial charge in [-0.1, -0.05) is 11.6 Å². The summed E-state index contributed by atoms with van der Waals surface area (Å²) in [6.45, 7) is 1.03. The largest absolute Gasteiger partial charge is 0.387 e. The van der Waals surface area contributed by atoms with Crippen LogP contribution in [0.1, 0.15) is 10.4 Å². The van der Waals surface area contributed by atoms with Gasteiger partial charge in [0.15, 0.2) is 0 Å². The van der Waals surface area contributed by atoms with Crippen molar-refractivity contribution in [3.05, 3.63) is 28.8 Å². The lowest BCUT2D eigenvalue weighted by atomic mass is 10.1. The highest BCUT2D eigenvalue weighted by molar-refractivity contribution is 6.31. The van der Waals surface area contributed by atoms with E-state index in [-0.39, 0.29) is 18.1 Å². The highest BCUT2D eigenvalue weighted by Gasteiger charge is 2.36. The molecule has 2 unspecified atom stereocenters. The zero-order valence-corrected chi connectivity index (χ0v) is 12.6. The van der Waals surface area contributed by atoms with Gasteiger partial charge >= 0.3 is 0 Å². The Bertz CT molecular complexity index is 483. The molecule has 2 rings (SSSR count). The third-order valence-corrected chi connectivity index (χ3v) is 3.82. The number of hydrogen-bond donors (Lipinski definition) is 1. The number of carbonyl (C=O) groups excluding carboxylic acids is 1. The molecule has 0 spiro atoms. The molecule has 1 aliphatic heterocycles. The molecule has 0 bridgehead atoms. The molecule has 20 heavy (non-hydrogen) atoms. The number of likely N-dealkylation sites (tertiary alicyclic amines) is 1. The standard InChI is InChI=1S/C14H19ClN2O3/c1-16-11-5-4-9(15)6-10(11)14(18)17-7-12(19-2)13(8-17)20-3/h4-6,12-13,16H,7-8H2,1-3H3. The highest BCUT2D eigenvalue weighted by atomic mass is 35.5. The van der Waals surface area contributed by atoms with E-state index in [4.69, 9.17) is 21.1 Å². The Morgan fingerprint density at radius 3 is 2.40 bits per heavy atom. The van der Waals surface area contributed by atoms with Gasteiger partial charge in [0.2, 0.25) is 0 Å². The second kappa shape index (κ2) is 6.43. The Hall–Kier alpha value is -1.30. The number of halogens is 1. The summed E-state index contributed by atoms with van der Waals surface area (Å²) in [6, 6.07) is 5.23. The lowest BCUT2D eigenvalue weighted by molar-refractivity contribution is -0.00461. The minimum absolute atomic E-state index is 0.0709. The van der Waals surface area contributed by atoms with E-state index in [9.17, 15) is 4.79 Å². The molecule has 2 atom stereocenters. The number of methoxy groups -OCH3 is 2. The van der Waals surface area contributed by atoms with Crippen LogP contribution in [0.5, 0.6) is 0 Å². The van der Waals surface area contributed by atoms with Crippen molar-refractivity contribution in [2.75, 3.05) is 39.7 Å². The van der Waals surface area contributed by atoms with E-state index in [1.165, 1.54) is 0 Å². The van der Waals surface area contributed by atoms with Crippen LogP contribution in [0.3, 0.4) is 0 Å². The van der Waals surface area contributed by atoms with E-state index < -0.39 is 0 Å². The SMILES string of the molecule is CNc1ccc(Cl)cc1C(=O)N1CC(OC)C(OC)C1. The predicted molar refractivity (Wildman–Crippen MR) is 78.5 cm³/mol. The minimum Gasteiger partial charge on any atom is -0.387 e. The molecule has 1 N–H and O–H groups in total. The van der Waals surface area contributed by atoms with Crippen LogP contribution in [0.25, 0.3) is 0 Å². The van der Waals surface area contributed by atoms with E-state index in [2.05, 4.69) is 5.32 Å². The van der Waals surface area contributed by atoms with Crippen molar-refractivity contribution in [1.82, 2.24) is 4.90 Å². The van der Waals surface area contributed by atoms with Crippen LogP contribution in [-0.4, -0.2) is 57.4 Å². The third kappa shape index (κ3) is 2.90. The second-order valence-electron chi connectivity index (χ2n) is 4.70. The Morgan fingerprint density at radius 2 is 1.90 bits per heavy atom. The average Bonchev–Trinajstić information content (AvgIpc) is 2.89. The Labute approximate surface area is 123 Å². The van der Waals surface area contributed by atoms with Gasteiger partial charge in [0.1, 0.15) is 12.2 Å². The number of nitrogens with zero attached hydrogens (tertiary/aromatic N) is 1. The van der Waals surface area contributed by atoms with Gasteiger partial charge < -0.3 is 19.7 Å². The minimum atomic E-state index is -0.0961. The van der Waals surface area contributed by atoms with Gasteiger partial charge in [-0.25, -0.2) is 0 Å². The number of amides is 1. The van der Waals surface area contributed by atoms with Crippen LogP contribution in [0.4, 0.5) is 5.69 Å². The van der Waals surface area contributed by atoms with Gasteiger partial charge in [0.25, 0.3) is 5.91 Å². The van der Waals surface area contributed by atoms with Crippen molar-refractivity contribution < 1.29 is 14.3 Å². The highest BCUT2D eigenvalue weighted by Crippen LogP contribution is 2.25. The van der Waals surface area contributed by atoms with E-state index >= 15 is 0 Å². The van der Waals surface area contributed by atoms with E-state index in [1.54, 1.807) is 44.4 Å². The van der Waals surface area contributed by atoms with E-state index in [1.807, 2.05) is 0 Å². The normalized spacial score (nSPS) is 22.1. The first-order chi connectivity index (χ1) is 9.60.